The molecule has 1 atom stereocenters. The zero-order valence-corrected chi connectivity index (χ0v) is 42.5. The van der Waals surface area contributed by atoms with E-state index in [0.717, 1.165) is 122 Å². The third-order valence-electron chi connectivity index (χ3n) is 11.4. The molecule has 0 aromatic heterocycles. The Bertz CT molecular complexity index is 1270. The maximum atomic E-state index is 12.8. The van der Waals surface area contributed by atoms with Gasteiger partial charge in [0.15, 0.2) is 6.10 Å². The van der Waals surface area contributed by atoms with Gasteiger partial charge in [-0.25, -0.2) is 0 Å². The summed E-state index contributed by atoms with van der Waals surface area (Å²) in [5.41, 5.74) is 0. The van der Waals surface area contributed by atoms with Gasteiger partial charge in [-0.2, -0.15) is 0 Å². The highest BCUT2D eigenvalue weighted by Gasteiger charge is 2.19. The monoisotopic (exact) mass is 905 g/mol. The summed E-state index contributed by atoms with van der Waals surface area (Å²) in [7, 11) is 0. The molecule has 65 heavy (non-hydrogen) atoms. The average Bonchev–Trinajstić information content (AvgIpc) is 3.30. The van der Waals surface area contributed by atoms with Crippen LogP contribution in [-0.4, -0.2) is 37.2 Å². The van der Waals surface area contributed by atoms with Crippen LogP contribution in [0.25, 0.3) is 0 Å². The molecule has 0 aliphatic heterocycles. The van der Waals surface area contributed by atoms with Crippen molar-refractivity contribution in [3.05, 3.63) is 85.1 Å². The Hall–Kier alpha value is -3.41. The van der Waals surface area contributed by atoms with Gasteiger partial charge in [-0.3, -0.25) is 14.4 Å². The third-order valence-corrected chi connectivity index (χ3v) is 11.4. The summed E-state index contributed by atoms with van der Waals surface area (Å²) in [5, 5.41) is 0. The van der Waals surface area contributed by atoms with E-state index in [-0.39, 0.29) is 31.1 Å². The van der Waals surface area contributed by atoms with Gasteiger partial charge < -0.3 is 14.2 Å². The van der Waals surface area contributed by atoms with Crippen LogP contribution in [0, 0.1) is 0 Å². The lowest BCUT2D eigenvalue weighted by Crippen LogP contribution is -2.30. The van der Waals surface area contributed by atoms with Crippen LogP contribution in [0.15, 0.2) is 85.1 Å². The summed E-state index contributed by atoms with van der Waals surface area (Å²) in [6, 6.07) is 0. The molecule has 6 heteroatoms. The van der Waals surface area contributed by atoms with Crippen molar-refractivity contribution in [2.45, 2.75) is 258 Å². The van der Waals surface area contributed by atoms with E-state index in [4.69, 9.17) is 14.2 Å². The SMILES string of the molecule is CC/C=C\C/C=C\C/C=C\C/C=C\C/C=C\C/C=C\CCCCCCCCC(=O)OCC(COC(=O)CCCCCCCCCC)OC(=O)CCCCCCC/C=C\CCCCCCC. The van der Waals surface area contributed by atoms with E-state index in [2.05, 4.69) is 106 Å². The summed E-state index contributed by atoms with van der Waals surface area (Å²) in [4.78, 5) is 37.9. The van der Waals surface area contributed by atoms with Gasteiger partial charge in [-0.15, -0.1) is 0 Å². The van der Waals surface area contributed by atoms with Crippen molar-refractivity contribution >= 4 is 17.9 Å². The molecule has 0 rings (SSSR count). The molecule has 0 radical (unpaired) electrons. The predicted octanol–water partition coefficient (Wildman–Crippen LogP) is 18.0. The first-order chi connectivity index (χ1) is 32.0. The van der Waals surface area contributed by atoms with Crippen LogP contribution in [0.3, 0.4) is 0 Å². The maximum absolute atomic E-state index is 12.8. The Morgan fingerprint density at radius 1 is 0.323 bits per heavy atom. The molecule has 1 unspecified atom stereocenters. The van der Waals surface area contributed by atoms with Crippen LogP contribution < -0.4 is 0 Å². The highest BCUT2D eigenvalue weighted by atomic mass is 16.6. The molecular formula is C59H100O6. The zero-order valence-electron chi connectivity index (χ0n) is 42.5. The highest BCUT2D eigenvalue weighted by molar-refractivity contribution is 5.71. The van der Waals surface area contributed by atoms with E-state index < -0.39 is 6.10 Å². The summed E-state index contributed by atoms with van der Waals surface area (Å²) in [6.07, 6.45) is 68.6. The molecule has 372 valence electrons. The summed E-state index contributed by atoms with van der Waals surface area (Å²) < 4.78 is 16.7. The molecule has 0 aliphatic carbocycles. The van der Waals surface area contributed by atoms with Crippen molar-refractivity contribution in [1.82, 2.24) is 0 Å². The molecule has 0 aromatic rings. The fourth-order valence-corrected chi connectivity index (χ4v) is 7.32. The average molecular weight is 905 g/mol. The fraction of sp³-hybridized carbons (Fsp3) is 0.712. The van der Waals surface area contributed by atoms with Gasteiger partial charge in [0.2, 0.25) is 0 Å². The number of rotatable bonds is 48. The van der Waals surface area contributed by atoms with Gasteiger partial charge in [0.05, 0.1) is 0 Å². The minimum Gasteiger partial charge on any atom is -0.462 e. The second kappa shape index (κ2) is 53.2. The molecule has 0 saturated heterocycles. The summed E-state index contributed by atoms with van der Waals surface area (Å²) >= 11 is 0. The van der Waals surface area contributed by atoms with Crippen LogP contribution in [0.4, 0.5) is 0 Å². The smallest absolute Gasteiger partial charge is 0.306 e. The molecule has 0 aromatic carbocycles. The third kappa shape index (κ3) is 51.4. The Morgan fingerprint density at radius 2 is 0.600 bits per heavy atom. The highest BCUT2D eigenvalue weighted by Crippen LogP contribution is 2.14. The van der Waals surface area contributed by atoms with Gasteiger partial charge in [0, 0.05) is 19.3 Å². The second-order valence-electron chi connectivity index (χ2n) is 17.8. The number of esters is 3. The van der Waals surface area contributed by atoms with E-state index in [9.17, 15) is 14.4 Å². The molecule has 0 spiro atoms. The lowest BCUT2D eigenvalue weighted by atomic mass is 10.1. The van der Waals surface area contributed by atoms with Crippen molar-refractivity contribution in [2.24, 2.45) is 0 Å². The van der Waals surface area contributed by atoms with Crippen molar-refractivity contribution < 1.29 is 28.6 Å². The van der Waals surface area contributed by atoms with E-state index in [1.807, 2.05) is 0 Å². The summed E-state index contributed by atoms with van der Waals surface area (Å²) in [6.45, 7) is 6.46. The van der Waals surface area contributed by atoms with Gasteiger partial charge in [-0.05, 0) is 96.3 Å². The van der Waals surface area contributed by atoms with Crippen LogP contribution in [0.5, 0.6) is 0 Å². The lowest BCUT2D eigenvalue weighted by molar-refractivity contribution is -0.167. The molecule has 6 nitrogen and oxygen atoms in total. The van der Waals surface area contributed by atoms with Crippen molar-refractivity contribution in [1.29, 1.82) is 0 Å². The van der Waals surface area contributed by atoms with Crippen LogP contribution >= 0.6 is 0 Å². The number of allylic oxidation sites excluding steroid dienone is 14. The first-order valence-corrected chi connectivity index (χ1v) is 27.1. The van der Waals surface area contributed by atoms with Gasteiger partial charge in [0.25, 0.3) is 0 Å². The zero-order chi connectivity index (χ0) is 47.2. The number of carbonyl (C=O) groups excluding carboxylic acids is 3. The van der Waals surface area contributed by atoms with E-state index in [0.29, 0.717) is 19.3 Å². The van der Waals surface area contributed by atoms with Gasteiger partial charge >= 0.3 is 17.9 Å². The second-order valence-corrected chi connectivity index (χ2v) is 17.8. The topological polar surface area (TPSA) is 78.9 Å². The largest absolute Gasteiger partial charge is 0.462 e. The Labute approximate surface area is 401 Å². The van der Waals surface area contributed by atoms with Crippen molar-refractivity contribution in [2.75, 3.05) is 13.2 Å². The first-order valence-electron chi connectivity index (χ1n) is 27.1. The van der Waals surface area contributed by atoms with Crippen molar-refractivity contribution in [3.8, 4) is 0 Å². The number of unbranched alkanes of at least 4 members (excludes halogenated alkanes) is 23. The Balaban J connectivity index is 4.27. The number of carbonyl (C=O) groups is 3. The normalized spacial score (nSPS) is 12.7. The van der Waals surface area contributed by atoms with Gasteiger partial charge in [0.1, 0.15) is 13.2 Å². The molecular weight excluding hydrogens is 805 g/mol. The lowest BCUT2D eigenvalue weighted by Gasteiger charge is -2.18. The predicted molar refractivity (Wildman–Crippen MR) is 279 cm³/mol. The number of hydrogen-bond donors (Lipinski definition) is 0. The van der Waals surface area contributed by atoms with Crippen molar-refractivity contribution in [3.63, 3.8) is 0 Å². The molecule has 0 N–H and O–H groups in total. The quantitative estimate of drug-likeness (QED) is 0.0262. The van der Waals surface area contributed by atoms with Crippen LogP contribution in [0.2, 0.25) is 0 Å². The van der Waals surface area contributed by atoms with Gasteiger partial charge in [-0.1, -0.05) is 221 Å². The van der Waals surface area contributed by atoms with Crippen LogP contribution in [0.1, 0.15) is 252 Å². The Kier molecular flexibility index (Phi) is 50.4. The number of hydrogen-bond acceptors (Lipinski definition) is 6. The van der Waals surface area contributed by atoms with E-state index in [1.54, 1.807) is 0 Å². The van der Waals surface area contributed by atoms with E-state index in [1.165, 1.54) is 89.9 Å². The molecule has 0 aliphatic rings. The molecule has 0 heterocycles. The Morgan fingerprint density at radius 3 is 0.954 bits per heavy atom. The minimum absolute atomic E-state index is 0.0836. The summed E-state index contributed by atoms with van der Waals surface area (Å²) in [5.74, 6) is -0.911. The standard InChI is InChI=1S/C59H100O6/c1-4-7-10-13-16-19-21-23-25-26-27-28-29-30-31-32-33-34-35-37-38-40-43-46-49-52-58(61)64-55-56(54-63-57(60)51-48-45-42-18-15-12-9-6-3)65-59(62)53-50-47-44-41-39-36-24-22-20-17-14-11-8-5-2/h7,10,16,19,22-25,27-28,30-31,33-34,56H,4-6,8-9,11-15,17-18,20-21,26,29,32,35-55H2,1-3H3/b10-7-,19-16-,24-22-,25-23-,28-27-,31-30-,34-33-. The minimum atomic E-state index is -0.784. The molecule has 0 amide bonds. The maximum Gasteiger partial charge on any atom is 0.306 e. The first kappa shape index (κ1) is 61.6. The number of ether oxygens (including phenoxy) is 3. The molecule has 0 bridgehead atoms. The molecule has 0 fully saturated rings. The fourth-order valence-electron chi connectivity index (χ4n) is 7.32. The van der Waals surface area contributed by atoms with E-state index >= 15 is 0 Å². The van der Waals surface area contributed by atoms with Crippen LogP contribution in [-0.2, 0) is 28.6 Å². The molecule has 0 saturated carbocycles.